The Morgan fingerprint density at radius 1 is 0.984 bits per heavy atom. The number of aliphatic hydroxyl groups excluding tert-OH is 2. The maximum absolute atomic E-state index is 15.3. The molecule has 7 aliphatic rings. The molecule has 5 fully saturated rings. The van der Waals surface area contributed by atoms with Gasteiger partial charge in [-0.05, 0) is 154 Å². The molecule has 11 atom stereocenters. The number of aryl methyl sites for hydroxylation is 2. The second-order valence-corrected chi connectivity index (χ2v) is 23.6. The van der Waals surface area contributed by atoms with E-state index in [1.54, 1.807) is 0 Å². The number of fused-ring (bicyclic) bond motifs is 4. The van der Waals surface area contributed by atoms with Crippen molar-refractivity contribution < 1.29 is 29.3 Å². The van der Waals surface area contributed by atoms with Crippen molar-refractivity contribution in [3.63, 3.8) is 0 Å². The van der Waals surface area contributed by atoms with Crippen LogP contribution in [0.25, 0.3) is 11.0 Å². The lowest BCUT2D eigenvalue weighted by Crippen LogP contribution is -2.68. The topological polar surface area (TPSA) is 129 Å². The SMILES string of the molecule is CNCC[C@]1(C)C(=O)CC[C@@]2(C)[C@H]3[C@H](O)[C@@H]4Cn5cc(Cc6cc(C)cc(C7CCOCC7)c6)c6[nH]cc(c65)CC[C@@](C)(C[C@@H](O)[C@H]5OC5(C)C)C5=C4[C@](C)(CC5=O)[C@@]3(C)CC[C@H]21. The first-order valence-electron chi connectivity index (χ1n) is 24.6. The van der Waals surface area contributed by atoms with Gasteiger partial charge >= 0.3 is 0 Å². The number of ether oxygens (including phenoxy) is 2. The lowest BCUT2D eigenvalue weighted by atomic mass is 9.34. The van der Waals surface area contributed by atoms with Crippen LogP contribution in [0.15, 0.2) is 41.7 Å². The van der Waals surface area contributed by atoms with Gasteiger partial charge < -0.3 is 34.6 Å². The minimum absolute atomic E-state index is 0.107. The maximum atomic E-state index is 15.3. The summed E-state index contributed by atoms with van der Waals surface area (Å²) >= 11 is 0. The standard InChI is InChI=1S/C54H75N3O6/c1-31-22-32(24-35(23-31)33-13-20-62-21-14-33)25-36-29-57-30-37-42-43(50(4,26-39(59)48-49(2,3)63-48)15-10-34-28-56-44(36)45(34)57)38(58)27-54(42,8)53(7)17-11-40-51(5,18-19-55-9)41(60)12-16-52(40,6)47(53)46(37)61/h22-24,28-29,33,37,39-40,46-48,55-56,59,61H,10-21,25-27,30H2,1-9H3/t37-,39-,40+,46-,47-,48-,50+,51+,52-,53+,54+/m1/s1. The summed E-state index contributed by atoms with van der Waals surface area (Å²) in [5, 5.41) is 29.0. The Labute approximate surface area is 375 Å². The molecule has 3 aromatic rings. The second kappa shape index (κ2) is 15.0. The highest BCUT2D eigenvalue weighted by atomic mass is 16.6. The molecule has 342 valence electrons. The van der Waals surface area contributed by atoms with Gasteiger partial charge in [-0.25, -0.2) is 0 Å². The van der Waals surface area contributed by atoms with E-state index in [9.17, 15) is 15.0 Å². The number of carbonyl (C=O) groups is 2. The average molecular weight is 862 g/mol. The fourth-order valence-electron chi connectivity index (χ4n) is 16.1. The number of ketones is 2. The number of nitrogens with zero attached hydrogens (tertiary/aromatic N) is 1. The molecule has 0 spiro atoms. The predicted molar refractivity (Wildman–Crippen MR) is 247 cm³/mol. The van der Waals surface area contributed by atoms with Gasteiger partial charge in [0.25, 0.3) is 0 Å². The number of carbonyl (C=O) groups excluding carboxylic acids is 2. The highest BCUT2D eigenvalue weighted by Gasteiger charge is 2.73. The molecule has 1 aromatic carbocycles. The van der Waals surface area contributed by atoms with E-state index in [-0.39, 0.29) is 40.5 Å². The molecule has 0 amide bonds. The number of Topliss-reactive ketones (excluding diaryl/α,β-unsaturated/α-hetero) is 2. The number of aromatic nitrogens is 2. The number of allylic oxidation sites excluding steroid dienone is 1. The van der Waals surface area contributed by atoms with E-state index >= 15 is 4.79 Å². The normalized spacial score (nSPS) is 39.3. The molecule has 0 bridgehead atoms. The van der Waals surface area contributed by atoms with E-state index < -0.39 is 34.1 Å². The molecule has 3 aliphatic heterocycles. The number of H-pyrrole nitrogens is 1. The minimum atomic E-state index is -0.727. The lowest BCUT2D eigenvalue weighted by Gasteiger charge is -2.70. The predicted octanol–water partition coefficient (Wildman–Crippen LogP) is 8.93. The molecule has 2 saturated heterocycles. The van der Waals surface area contributed by atoms with Crippen molar-refractivity contribution in [2.75, 3.05) is 26.8 Å². The molecule has 4 aliphatic carbocycles. The third kappa shape index (κ3) is 6.53. The van der Waals surface area contributed by atoms with Crippen LogP contribution in [0.5, 0.6) is 0 Å². The van der Waals surface area contributed by atoms with Crippen molar-refractivity contribution in [1.82, 2.24) is 14.9 Å². The fraction of sp³-hybridized carbons (Fsp3) is 0.704. The third-order valence-electron chi connectivity index (χ3n) is 19.5. The highest BCUT2D eigenvalue weighted by Crippen LogP contribution is 2.76. The van der Waals surface area contributed by atoms with E-state index in [1.807, 2.05) is 20.9 Å². The Bertz CT molecular complexity index is 2370. The van der Waals surface area contributed by atoms with Gasteiger partial charge in [0.1, 0.15) is 11.9 Å². The Morgan fingerprint density at radius 3 is 2.44 bits per heavy atom. The Morgan fingerprint density at radius 2 is 1.73 bits per heavy atom. The largest absolute Gasteiger partial charge is 0.392 e. The average Bonchev–Trinajstić information content (AvgIpc) is 3.47. The molecule has 3 saturated carbocycles. The number of epoxide rings is 1. The summed E-state index contributed by atoms with van der Waals surface area (Å²) in [6, 6.07) is 7.12. The van der Waals surface area contributed by atoms with Gasteiger partial charge in [0.05, 0.1) is 28.8 Å². The number of hydrogen-bond donors (Lipinski definition) is 4. The number of aliphatic hydroxyl groups is 2. The molecule has 2 aromatic heterocycles. The maximum Gasteiger partial charge on any atom is 0.160 e. The van der Waals surface area contributed by atoms with Gasteiger partial charge in [0.2, 0.25) is 0 Å². The fourth-order valence-corrected chi connectivity index (χ4v) is 16.1. The Hall–Kier alpha value is -3.08. The molecule has 63 heavy (non-hydrogen) atoms. The van der Waals surface area contributed by atoms with Crippen LogP contribution in [0, 0.1) is 51.8 Å². The van der Waals surface area contributed by atoms with Crippen LogP contribution < -0.4 is 5.32 Å². The van der Waals surface area contributed by atoms with Crippen molar-refractivity contribution in [2.45, 2.75) is 169 Å². The van der Waals surface area contributed by atoms with Crippen molar-refractivity contribution in [3.05, 3.63) is 69.6 Å². The van der Waals surface area contributed by atoms with Crippen molar-refractivity contribution in [1.29, 1.82) is 0 Å². The van der Waals surface area contributed by atoms with E-state index in [2.05, 4.69) is 87.0 Å². The molecule has 9 nitrogen and oxygen atoms in total. The number of benzene rings is 1. The van der Waals surface area contributed by atoms with Gasteiger partial charge in [-0.1, -0.05) is 58.4 Å². The molecular formula is C54H75N3O6. The van der Waals surface area contributed by atoms with Crippen LogP contribution in [0.1, 0.15) is 146 Å². The lowest BCUT2D eigenvalue weighted by molar-refractivity contribution is -0.222. The number of nitrogens with one attached hydrogen (secondary N) is 2. The van der Waals surface area contributed by atoms with E-state index in [0.717, 1.165) is 87.8 Å². The first-order chi connectivity index (χ1) is 29.8. The second-order valence-electron chi connectivity index (χ2n) is 23.6. The summed E-state index contributed by atoms with van der Waals surface area (Å²) in [5.41, 5.74) is 8.17. The number of aromatic amines is 1. The van der Waals surface area contributed by atoms with Crippen LogP contribution in [-0.4, -0.2) is 82.0 Å². The first kappa shape index (κ1) is 43.8. The van der Waals surface area contributed by atoms with Crippen LogP contribution >= 0.6 is 0 Å². The number of hydrogen-bond acceptors (Lipinski definition) is 7. The van der Waals surface area contributed by atoms with E-state index in [1.165, 1.54) is 33.3 Å². The summed E-state index contributed by atoms with van der Waals surface area (Å²) in [5.74, 6) is 0.784. The smallest absolute Gasteiger partial charge is 0.160 e. The molecule has 10 rings (SSSR count). The molecular weight excluding hydrogens is 787 g/mol. The first-order valence-corrected chi connectivity index (χ1v) is 24.6. The summed E-state index contributed by atoms with van der Waals surface area (Å²) in [6.07, 6.45) is 11.9. The molecule has 4 N–H and O–H groups in total. The quantitative estimate of drug-likeness (QED) is 0.158. The monoisotopic (exact) mass is 862 g/mol. The zero-order valence-electron chi connectivity index (χ0n) is 39.7. The van der Waals surface area contributed by atoms with Crippen molar-refractivity contribution in [3.8, 4) is 0 Å². The van der Waals surface area contributed by atoms with Crippen LogP contribution in [0.4, 0.5) is 0 Å². The summed E-state index contributed by atoms with van der Waals surface area (Å²) in [6.45, 7) is 20.9. The molecule has 5 heterocycles. The zero-order chi connectivity index (χ0) is 44.6. The van der Waals surface area contributed by atoms with Gasteiger partial charge in [-0.3, -0.25) is 9.59 Å². The Kier molecular flexibility index (Phi) is 10.4. The molecule has 0 unspecified atom stereocenters. The van der Waals surface area contributed by atoms with Crippen molar-refractivity contribution >= 4 is 22.6 Å². The van der Waals surface area contributed by atoms with Gasteiger partial charge in [-0.2, -0.15) is 0 Å². The minimum Gasteiger partial charge on any atom is -0.392 e. The Balaban J connectivity index is 1.12. The van der Waals surface area contributed by atoms with E-state index in [4.69, 9.17) is 9.47 Å². The third-order valence-corrected chi connectivity index (χ3v) is 19.5. The number of rotatable bonds is 9. The van der Waals surface area contributed by atoms with Crippen LogP contribution in [0.3, 0.4) is 0 Å². The van der Waals surface area contributed by atoms with Gasteiger partial charge in [-0.15, -0.1) is 0 Å². The summed E-state index contributed by atoms with van der Waals surface area (Å²) in [4.78, 5) is 33.1. The molecule has 0 radical (unpaired) electrons. The van der Waals surface area contributed by atoms with Crippen LogP contribution in [-0.2, 0) is 38.4 Å². The summed E-state index contributed by atoms with van der Waals surface area (Å²) in [7, 11) is 1.97. The zero-order valence-corrected chi connectivity index (χ0v) is 39.7. The molecule has 9 heteroatoms. The van der Waals surface area contributed by atoms with E-state index in [0.29, 0.717) is 43.9 Å². The summed E-state index contributed by atoms with van der Waals surface area (Å²) < 4.78 is 14.2. The van der Waals surface area contributed by atoms with Gasteiger partial charge in [0, 0.05) is 73.7 Å². The van der Waals surface area contributed by atoms with Gasteiger partial charge in [0.15, 0.2) is 5.78 Å². The van der Waals surface area contributed by atoms with Crippen molar-refractivity contribution in [2.24, 2.45) is 44.8 Å². The highest BCUT2D eigenvalue weighted by molar-refractivity contribution is 6.02. The van der Waals surface area contributed by atoms with Crippen LogP contribution in [0.2, 0.25) is 0 Å².